The van der Waals surface area contributed by atoms with Crippen LogP contribution in [0.5, 0.6) is 0 Å². The second-order valence-electron chi connectivity index (χ2n) is 5.97. The van der Waals surface area contributed by atoms with E-state index >= 15 is 0 Å². The second-order valence-corrected chi connectivity index (χ2v) is 5.97. The molecule has 1 aromatic carbocycles. The molecule has 1 atom stereocenters. The van der Waals surface area contributed by atoms with Crippen LogP contribution in [0.15, 0.2) is 30.3 Å². The number of carbonyl (C=O) groups excluding carboxylic acids is 1. The summed E-state index contributed by atoms with van der Waals surface area (Å²) in [5.41, 5.74) is 1.20. The van der Waals surface area contributed by atoms with Gasteiger partial charge in [0, 0.05) is 19.0 Å². The monoisotopic (exact) mass is 273 g/mol. The molecule has 2 fully saturated rings. The third kappa shape index (κ3) is 3.21. The van der Waals surface area contributed by atoms with Crippen molar-refractivity contribution in [3.63, 3.8) is 0 Å². The number of rotatable bonds is 4. The molecule has 1 aliphatic heterocycles. The average Bonchev–Trinajstić information content (AvgIpc) is 3.17. The number of hydrogen-bond acceptors (Lipinski definition) is 2. The zero-order valence-electron chi connectivity index (χ0n) is 12.0. The Labute approximate surface area is 120 Å². The third-order valence-electron chi connectivity index (χ3n) is 4.49. The fraction of sp³-hybridized carbons (Fsp3) is 0.588. The van der Waals surface area contributed by atoms with Crippen LogP contribution in [0.4, 0.5) is 0 Å². The minimum absolute atomic E-state index is 0.209. The van der Waals surface area contributed by atoms with Crippen molar-refractivity contribution in [3.8, 4) is 0 Å². The van der Waals surface area contributed by atoms with E-state index < -0.39 is 0 Å². The molecule has 1 unspecified atom stereocenters. The molecule has 0 aromatic heterocycles. The summed E-state index contributed by atoms with van der Waals surface area (Å²) in [5.74, 6) is 0.663. The number of carbonyl (C=O) groups is 1. The average molecular weight is 273 g/mol. The summed E-state index contributed by atoms with van der Waals surface area (Å²) in [7, 11) is 0. The quantitative estimate of drug-likeness (QED) is 0.844. The van der Waals surface area contributed by atoms with Crippen LogP contribution < -0.4 is 0 Å². The first kappa shape index (κ1) is 13.6. The van der Waals surface area contributed by atoms with E-state index in [0.29, 0.717) is 18.4 Å². The first-order valence-electron chi connectivity index (χ1n) is 7.77. The molecule has 20 heavy (non-hydrogen) atoms. The van der Waals surface area contributed by atoms with Gasteiger partial charge in [-0.05, 0) is 24.8 Å². The molecule has 1 amide bonds. The number of ether oxygens (including phenoxy) is 1. The highest BCUT2D eigenvalue weighted by Gasteiger charge is 2.32. The molecule has 1 saturated heterocycles. The Bertz CT molecular complexity index is 440. The number of hydrogen-bond donors (Lipinski definition) is 0. The van der Waals surface area contributed by atoms with Crippen LogP contribution >= 0.6 is 0 Å². The molecule has 2 aliphatic rings. The Morgan fingerprint density at radius 1 is 1.15 bits per heavy atom. The molecule has 108 valence electrons. The van der Waals surface area contributed by atoms with Gasteiger partial charge in [0.05, 0.1) is 12.7 Å². The van der Waals surface area contributed by atoms with E-state index in [1.807, 2.05) is 23.1 Å². The van der Waals surface area contributed by atoms with Gasteiger partial charge in [-0.25, -0.2) is 0 Å². The summed E-state index contributed by atoms with van der Waals surface area (Å²) in [6.07, 6.45) is 5.80. The van der Waals surface area contributed by atoms with Crippen molar-refractivity contribution in [3.05, 3.63) is 35.9 Å². The smallest absolute Gasteiger partial charge is 0.225 e. The molecule has 1 heterocycles. The fourth-order valence-corrected chi connectivity index (χ4v) is 3.28. The molecule has 1 aliphatic carbocycles. The number of nitrogens with zero attached hydrogens (tertiary/aromatic N) is 1. The lowest BCUT2D eigenvalue weighted by Gasteiger charge is -2.20. The van der Waals surface area contributed by atoms with Crippen LogP contribution in [0.25, 0.3) is 0 Å². The van der Waals surface area contributed by atoms with Gasteiger partial charge in [-0.15, -0.1) is 0 Å². The van der Waals surface area contributed by atoms with Gasteiger partial charge >= 0.3 is 0 Å². The predicted molar refractivity (Wildman–Crippen MR) is 78.2 cm³/mol. The molecule has 3 rings (SSSR count). The molecule has 3 heteroatoms. The normalized spacial score (nSPS) is 23.4. The standard InChI is InChI=1S/C17H23NO2/c19-17(15-8-4-5-9-15)18-11-10-16(12-18)20-13-14-6-2-1-3-7-14/h1-3,6-7,15-16H,4-5,8-13H2. The lowest BCUT2D eigenvalue weighted by Crippen LogP contribution is -2.34. The number of likely N-dealkylation sites (tertiary alicyclic amines) is 1. The Morgan fingerprint density at radius 2 is 1.90 bits per heavy atom. The lowest BCUT2D eigenvalue weighted by atomic mass is 10.1. The van der Waals surface area contributed by atoms with Gasteiger partial charge in [0.2, 0.25) is 5.91 Å². The molecule has 3 nitrogen and oxygen atoms in total. The van der Waals surface area contributed by atoms with Gasteiger partial charge in [-0.3, -0.25) is 4.79 Å². The highest BCUT2D eigenvalue weighted by molar-refractivity contribution is 5.79. The van der Waals surface area contributed by atoms with Crippen molar-refractivity contribution >= 4 is 5.91 Å². The van der Waals surface area contributed by atoms with Crippen molar-refractivity contribution in [2.45, 2.75) is 44.8 Å². The largest absolute Gasteiger partial charge is 0.372 e. The fourth-order valence-electron chi connectivity index (χ4n) is 3.28. The van der Waals surface area contributed by atoms with Crippen molar-refractivity contribution in [2.24, 2.45) is 5.92 Å². The van der Waals surface area contributed by atoms with E-state index in [4.69, 9.17) is 4.74 Å². The summed E-state index contributed by atoms with van der Waals surface area (Å²) in [6.45, 7) is 2.30. The van der Waals surface area contributed by atoms with Gasteiger partial charge in [0.1, 0.15) is 0 Å². The van der Waals surface area contributed by atoms with E-state index in [1.54, 1.807) is 0 Å². The molecule has 1 saturated carbocycles. The van der Waals surface area contributed by atoms with Crippen molar-refractivity contribution < 1.29 is 9.53 Å². The zero-order valence-corrected chi connectivity index (χ0v) is 12.0. The van der Waals surface area contributed by atoms with Gasteiger partial charge in [-0.2, -0.15) is 0 Å². The van der Waals surface area contributed by atoms with Gasteiger partial charge < -0.3 is 9.64 Å². The Kier molecular flexibility index (Phi) is 4.36. The molecule has 0 N–H and O–H groups in total. The van der Waals surface area contributed by atoms with E-state index in [0.717, 1.165) is 32.4 Å². The molecule has 0 spiro atoms. The Hall–Kier alpha value is -1.35. The van der Waals surface area contributed by atoms with Crippen molar-refractivity contribution in [2.75, 3.05) is 13.1 Å². The van der Waals surface area contributed by atoms with E-state index in [-0.39, 0.29) is 6.10 Å². The maximum atomic E-state index is 12.3. The van der Waals surface area contributed by atoms with Crippen LogP contribution in [0, 0.1) is 5.92 Å². The minimum atomic E-state index is 0.209. The van der Waals surface area contributed by atoms with Gasteiger partial charge in [0.15, 0.2) is 0 Å². The Morgan fingerprint density at radius 3 is 2.65 bits per heavy atom. The topological polar surface area (TPSA) is 29.5 Å². The van der Waals surface area contributed by atoms with Crippen molar-refractivity contribution in [1.29, 1.82) is 0 Å². The predicted octanol–water partition coefficient (Wildman–Crippen LogP) is 2.99. The number of benzene rings is 1. The third-order valence-corrected chi connectivity index (χ3v) is 4.49. The van der Waals surface area contributed by atoms with Crippen LogP contribution in [0.2, 0.25) is 0 Å². The van der Waals surface area contributed by atoms with E-state index in [9.17, 15) is 4.79 Å². The zero-order chi connectivity index (χ0) is 13.8. The van der Waals surface area contributed by atoms with E-state index in [1.165, 1.54) is 18.4 Å². The van der Waals surface area contributed by atoms with Crippen LogP contribution in [-0.4, -0.2) is 30.0 Å². The Balaban J connectivity index is 1.46. The second kappa shape index (κ2) is 6.40. The van der Waals surface area contributed by atoms with Crippen molar-refractivity contribution in [1.82, 2.24) is 4.90 Å². The van der Waals surface area contributed by atoms with E-state index in [2.05, 4.69) is 12.1 Å². The summed E-state index contributed by atoms with van der Waals surface area (Å²) in [5, 5.41) is 0. The molecule has 0 bridgehead atoms. The molecule has 0 radical (unpaired) electrons. The summed E-state index contributed by atoms with van der Waals surface area (Å²) >= 11 is 0. The minimum Gasteiger partial charge on any atom is -0.372 e. The number of amides is 1. The maximum absolute atomic E-state index is 12.3. The first-order valence-corrected chi connectivity index (χ1v) is 7.77. The van der Waals surface area contributed by atoms with Crippen LogP contribution in [0.1, 0.15) is 37.7 Å². The van der Waals surface area contributed by atoms with Gasteiger partial charge in [0.25, 0.3) is 0 Å². The summed E-state index contributed by atoms with van der Waals surface area (Å²) in [4.78, 5) is 14.4. The molecular formula is C17H23NO2. The highest BCUT2D eigenvalue weighted by Crippen LogP contribution is 2.28. The summed E-state index contributed by atoms with van der Waals surface area (Å²) in [6, 6.07) is 10.2. The highest BCUT2D eigenvalue weighted by atomic mass is 16.5. The lowest BCUT2D eigenvalue weighted by molar-refractivity contribution is -0.134. The van der Waals surface area contributed by atoms with Crippen LogP contribution in [-0.2, 0) is 16.1 Å². The maximum Gasteiger partial charge on any atom is 0.225 e. The SMILES string of the molecule is O=C(C1CCCC1)N1CCC(OCc2ccccc2)C1. The van der Waals surface area contributed by atoms with Crippen LogP contribution in [0.3, 0.4) is 0 Å². The molecule has 1 aromatic rings. The van der Waals surface area contributed by atoms with Gasteiger partial charge in [-0.1, -0.05) is 43.2 Å². The first-order chi connectivity index (χ1) is 9.83. The molecular weight excluding hydrogens is 250 g/mol. The summed E-state index contributed by atoms with van der Waals surface area (Å²) < 4.78 is 5.94.